The molecular formula is C11H13NO4. The lowest BCUT2D eigenvalue weighted by atomic mass is 9.99. The highest BCUT2D eigenvalue weighted by molar-refractivity contribution is 5.85. The highest BCUT2D eigenvalue weighted by atomic mass is 16.5. The van der Waals surface area contributed by atoms with Gasteiger partial charge in [-0.15, -0.1) is 0 Å². The molecule has 0 spiro atoms. The van der Waals surface area contributed by atoms with E-state index in [0.717, 1.165) is 12.0 Å². The maximum atomic E-state index is 10.8. The van der Waals surface area contributed by atoms with Crippen molar-refractivity contribution in [1.29, 1.82) is 0 Å². The number of aromatic carboxylic acids is 1. The zero-order valence-electron chi connectivity index (χ0n) is 9.14. The van der Waals surface area contributed by atoms with E-state index in [1.807, 2.05) is 13.8 Å². The van der Waals surface area contributed by atoms with Gasteiger partial charge < -0.3 is 9.84 Å². The van der Waals surface area contributed by atoms with Crippen molar-refractivity contribution >= 4 is 12.4 Å². The molecule has 1 heterocycles. The van der Waals surface area contributed by atoms with Crippen LogP contribution in [-0.4, -0.2) is 22.5 Å². The Balaban J connectivity index is 3.17. The average Bonchev–Trinajstić information content (AvgIpc) is 2.28. The molecule has 0 bridgehead atoms. The van der Waals surface area contributed by atoms with Crippen molar-refractivity contribution < 1.29 is 19.4 Å². The SMILES string of the molecule is CCC(C)c1cc(OC=O)nc(C(=O)O)c1. The molecule has 1 atom stereocenters. The van der Waals surface area contributed by atoms with E-state index in [1.54, 1.807) is 6.07 Å². The zero-order chi connectivity index (χ0) is 12.1. The fourth-order valence-corrected chi connectivity index (χ4v) is 1.26. The predicted octanol–water partition coefficient (Wildman–Crippen LogP) is 1.83. The molecule has 0 saturated carbocycles. The molecule has 5 nitrogen and oxygen atoms in total. The van der Waals surface area contributed by atoms with E-state index in [9.17, 15) is 9.59 Å². The van der Waals surface area contributed by atoms with E-state index < -0.39 is 5.97 Å². The molecule has 0 aliphatic heterocycles. The van der Waals surface area contributed by atoms with Crippen molar-refractivity contribution in [3.8, 4) is 5.88 Å². The van der Waals surface area contributed by atoms with Crippen molar-refractivity contribution in [2.24, 2.45) is 0 Å². The van der Waals surface area contributed by atoms with Crippen LogP contribution in [0.25, 0.3) is 0 Å². The number of rotatable bonds is 5. The average molecular weight is 223 g/mol. The fourth-order valence-electron chi connectivity index (χ4n) is 1.26. The predicted molar refractivity (Wildman–Crippen MR) is 56.6 cm³/mol. The summed E-state index contributed by atoms with van der Waals surface area (Å²) >= 11 is 0. The molecule has 0 radical (unpaired) electrons. The minimum absolute atomic E-state index is 0.0187. The maximum absolute atomic E-state index is 10.8. The molecule has 1 aromatic heterocycles. The van der Waals surface area contributed by atoms with Crippen LogP contribution in [0, 0.1) is 0 Å². The first kappa shape index (κ1) is 12.2. The summed E-state index contributed by atoms with van der Waals surface area (Å²) < 4.78 is 4.58. The van der Waals surface area contributed by atoms with E-state index in [0.29, 0.717) is 0 Å². The number of ether oxygens (including phenoxy) is 1. The normalized spacial score (nSPS) is 11.9. The lowest BCUT2D eigenvalue weighted by molar-refractivity contribution is -0.120. The first-order valence-corrected chi connectivity index (χ1v) is 4.94. The van der Waals surface area contributed by atoms with Gasteiger partial charge in [0.1, 0.15) is 0 Å². The van der Waals surface area contributed by atoms with Gasteiger partial charge in [-0.25, -0.2) is 9.78 Å². The third-order valence-corrected chi connectivity index (χ3v) is 2.39. The van der Waals surface area contributed by atoms with Crippen LogP contribution in [0.4, 0.5) is 0 Å². The van der Waals surface area contributed by atoms with Crippen LogP contribution in [0.1, 0.15) is 42.2 Å². The fraction of sp³-hybridized carbons (Fsp3) is 0.364. The van der Waals surface area contributed by atoms with E-state index in [4.69, 9.17) is 5.11 Å². The number of hydrogen-bond acceptors (Lipinski definition) is 4. The van der Waals surface area contributed by atoms with Gasteiger partial charge in [0.05, 0.1) is 0 Å². The Hall–Kier alpha value is -1.91. The molecule has 16 heavy (non-hydrogen) atoms. The highest BCUT2D eigenvalue weighted by Crippen LogP contribution is 2.22. The lowest BCUT2D eigenvalue weighted by Crippen LogP contribution is -2.05. The molecule has 1 rings (SSSR count). The Morgan fingerprint density at radius 1 is 1.62 bits per heavy atom. The Morgan fingerprint density at radius 3 is 2.81 bits per heavy atom. The van der Waals surface area contributed by atoms with Gasteiger partial charge in [-0.3, -0.25) is 4.79 Å². The van der Waals surface area contributed by atoms with Gasteiger partial charge in [-0.05, 0) is 24.0 Å². The molecule has 0 amide bonds. The van der Waals surface area contributed by atoms with Crippen LogP contribution in [0.15, 0.2) is 12.1 Å². The summed E-state index contributed by atoms with van der Waals surface area (Å²) in [7, 11) is 0. The van der Waals surface area contributed by atoms with Crippen LogP contribution in [0.2, 0.25) is 0 Å². The number of carbonyl (C=O) groups excluding carboxylic acids is 1. The van der Waals surface area contributed by atoms with Crippen molar-refractivity contribution in [2.75, 3.05) is 0 Å². The first-order valence-electron chi connectivity index (χ1n) is 4.94. The topological polar surface area (TPSA) is 76.5 Å². The largest absolute Gasteiger partial charge is 0.477 e. The van der Waals surface area contributed by atoms with Gasteiger partial charge in [-0.2, -0.15) is 0 Å². The Labute approximate surface area is 93.1 Å². The van der Waals surface area contributed by atoms with E-state index in [-0.39, 0.29) is 24.0 Å². The van der Waals surface area contributed by atoms with Crippen LogP contribution < -0.4 is 4.74 Å². The minimum Gasteiger partial charge on any atom is -0.477 e. The van der Waals surface area contributed by atoms with Gasteiger partial charge >= 0.3 is 5.97 Å². The third kappa shape index (κ3) is 2.79. The van der Waals surface area contributed by atoms with Gasteiger partial charge in [0.15, 0.2) is 5.69 Å². The molecule has 0 fully saturated rings. The second-order valence-electron chi connectivity index (χ2n) is 3.45. The molecule has 0 aliphatic rings. The van der Waals surface area contributed by atoms with Gasteiger partial charge in [0.2, 0.25) is 5.88 Å². The van der Waals surface area contributed by atoms with Crippen LogP contribution in [-0.2, 0) is 4.79 Å². The summed E-state index contributed by atoms with van der Waals surface area (Å²) in [6, 6.07) is 3.07. The summed E-state index contributed by atoms with van der Waals surface area (Å²) in [6.45, 7) is 4.19. The summed E-state index contributed by atoms with van der Waals surface area (Å²) in [4.78, 5) is 24.7. The molecule has 1 aromatic rings. The Bertz CT molecular complexity index is 403. The zero-order valence-corrected chi connectivity index (χ0v) is 9.14. The molecular weight excluding hydrogens is 210 g/mol. The number of aromatic nitrogens is 1. The van der Waals surface area contributed by atoms with Crippen molar-refractivity contribution in [1.82, 2.24) is 4.98 Å². The third-order valence-electron chi connectivity index (χ3n) is 2.39. The van der Waals surface area contributed by atoms with Gasteiger partial charge in [0.25, 0.3) is 6.47 Å². The second kappa shape index (κ2) is 5.25. The van der Waals surface area contributed by atoms with Crippen molar-refractivity contribution in [2.45, 2.75) is 26.2 Å². The second-order valence-corrected chi connectivity index (χ2v) is 3.45. The van der Waals surface area contributed by atoms with E-state index in [2.05, 4.69) is 9.72 Å². The smallest absolute Gasteiger partial charge is 0.354 e. The van der Waals surface area contributed by atoms with Gasteiger partial charge in [-0.1, -0.05) is 13.8 Å². The first-order chi connectivity index (χ1) is 7.58. The maximum Gasteiger partial charge on any atom is 0.354 e. The molecule has 1 N–H and O–H groups in total. The lowest BCUT2D eigenvalue weighted by Gasteiger charge is -2.10. The molecule has 86 valence electrons. The number of hydrogen-bond donors (Lipinski definition) is 1. The van der Waals surface area contributed by atoms with Crippen LogP contribution >= 0.6 is 0 Å². The van der Waals surface area contributed by atoms with Gasteiger partial charge in [0, 0.05) is 6.07 Å². The minimum atomic E-state index is -1.14. The monoisotopic (exact) mass is 223 g/mol. The number of carboxylic acids is 1. The summed E-state index contributed by atoms with van der Waals surface area (Å²) in [5, 5.41) is 8.85. The number of pyridine rings is 1. The molecule has 0 saturated heterocycles. The summed E-state index contributed by atoms with van der Waals surface area (Å²) in [5.74, 6) is -0.929. The number of nitrogens with zero attached hydrogens (tertiary/aromatic N) is 1. The van der Waals surface area contributed by atoms with Crippen LogP contribution in [0.5, 0.6) is 5.88 Å². The van der Waals surface area contributed by atoms with Crippen molar-refractivity contribution in [3.63, 3.8) is 0 Å². The summed E-state index contributed by atoms with van der Waals surface area (Å²) in [6.07, 6.45) is 0.865. The standard InChI is InChI=1S/C11H13NO4/c1-3-7(2)8-4-9(11(14)15)12-10(5-8)16-6-13/h4-7H,3H2,1-2H3,(H,14,15). The van der Waals surface area contributed by atoms with E-state index in [1.165, 1.54) is 6.07 Å². The number of carbonyl (C=O) groups is 2. The molecule has 5 heteroatoms. The summed E-state index contributed by atoms with van der Waals surface area (Å²) in [5.41, 5.74) is 0.682. The molecule has 0 aliphatic carbocycles. The van der Waals surface area contributed by atoms with E-state index >= 15 is 0 Å². The Kier molecular flexibility index (Phi) is 3.99. The quantitative estimate of drug-likeness (QED) is 0.770. The highest BCUT2D eigenvalue weighted by Gasteiger charge is 2.12. The van der Waals surface area contributed by atoms with Crippen LogP contribution in [0.3, 0.4) is 0 Å². The Morgan fingerprint density at radius 2 is 2.31 bits per heavy atom. The van der Waals surface area contributed by atoms with Crippen molar-refractivity contribution in [3.05, 3.63) is 23.4 Å². The molecule has 0 aromatic carbocycles. The molecule has 1 unspecified atom stereocenters. The number of carboxylic acid groups (broad SMARTS) is 1.